The number of ether oxygens (including phenoxy) is 1. The van der Waals surface area contributed by atoms with Gasteiger partial charge in [-0.3, -0.25) is 4.79 Å². The van der Waals surface area contributed by atoms with Crippen molar-refractivity contribution in [3.8, 4) is 0 Å². The first-order valence-corrected chi connectivity index (χ1v) is 5.17. The molecule has 2 heteroatoms. The molecule has 1 aliphatic heterocycles. The molecule has 0 amide bonds. The molecule has 1 aromatic rings. The van der Waals surface area contributed by atoms with Crippen LogP contribution in [0.25, 0.3) is 0 Å². The van der Waals surface area contributed by atoms with Crippen molar-refractivity contribution in [2.45, 2.75) is 19.8 Å². The standard InChI is InChI=1S/C13H14O2/c1-10-4-6-11(7-5-10)9-12(14)13-3-2-8-15-13/h3-7H,2,8-9H2,1H3. The summed E-state index contributed by atoms with van der Waals surface area (Å²) in [4.78, 5) is 11.7. The van der Waals surface area contributed by atoms with E-state index in [0.29, 0.717) is 18.8 Å². The van der Waals surface area contributed by atoms with Crippen LogP contribution >= 0.6 is 0 Å². The molecule has 78 valence electrons. The van der Waals surface area contributed by atoms with E-state index in [1.54, 1.807) is 0 Å². The van der Waals surface area contributed by atoms with Gasteiger partial charge in [0.1, 0.15) is 0 Å². The molecule has 15 heavy (non-hydrogen) atoms. The van der Waals surface area contributed by atoms with Gasteiger partial charge in [-0.25, -0.2) is 0 Å². The minimum absolute atomic E-state index is 0.0800. The average molecular weight is 202 g/mol. The Morgan fingerprint density at radius 2 is 2.07 bits per heavy atom. The Kier molecular flexibility index (Phi) is 2.86. The molecule has 1 heterocycles. The van der Waals surface area contributed by atoms with Crippen LogP contribution in [0.5, 0.6) is 0 Å². The highest BCUT2D eigenvalue weighted by Crippen LogP contribution is 2.13. The molecule has 0 atom stereocenters. The second-order valence-corrected chi connectivity index (χ2v) is 3.79. The summed E-state index contributed by atoms with van der Waals surface area (Å²) >= 11 is 0. The third-order valence-electron chi connectivity index (χ3n) is 2.47. The topological polar surface area (TPSA) is 26.3 Å². The fraction of sp³-hybridized carbons (Fsp3) is 0.308. The van der Waals surface area contributed by atoms with Crippen LogP contribution in [0.4, 0.5) is 0 Å². The highest BCUT2D eigenvalue weighted by Gasteiger charge is 2.14. The highest BCUT2D eigenvalue weighted by atomic mass is 16.5. The van der Waals surface area contributed by atoms with Crippen LogP contribution in [0.1, 0.15) is 17.5 Å². The van der Waals surface area contributed by atoms with Crippen molar-refractivity contribution in [3.63, 3.8) is 0 Å². The summed E-state index contributed by atoms with van der Waals surface area (Å²) < 4.78 is 5.22. The maximum atomic E-state index is 11.7. The lowest BCUT2D eigenvalue weighted by Gasteiger charge is -2.03. The molecule has 0 bridgehead atoms. The molecule has 0 aromatic heterocycles. The van der Waals surface area contributed by atoms with E-state index >= 15 is 0 Å². The van der Waals surface area contributed by atoms with Gasteiger partial charge in [-0.05, 0) is 18.6 Å². The number of Topliss-reactive ketones (excluding diaryl/α,β-unsaturated/α-hetero) is 1. The first-order valence-electron chi connectivity index (χ1n) is 5.17. The van der Waals surface area contributed by atoms with Gasteiger partial charge in [-0.2, -0.15) is 0 Å². The number of rotatable bonds is 3. The molecule has 1 aliphatic rings. The SMILES string of the molecule is Cc1ccc(CC(=O)C2=CCCO2)cc1. The summed E-state index contributed by atoms with van der Waals surface area (Å²) in [6.45, 7) is 2.68. The summed E-state index contributed by atoms with van der Waals surface area (Å²) in [7, 11) is 0. The molecule has 2 rings (SSSR count). The number of benzene rings is 1. The van der Waals surface area contributed by atoms with Crippen LogP contribution in [-0.4, -0.2) is 12.4 Å². The van der Waals surface area contributed by atoms with E-state index in [1.165, 1.54) is 5.56 Å². The Balaban J connectivity index is 2.02. The van der Waals surface area contributed by atoms with E-state index in [9.17, 15) is 4.79 Å². The largest absolute Gasteiger partial charge is 0.490 e. The molecule has 0 unspecified atom stereocenters. The van der Waals surface area contributed by atoms with Gasteiger partial charge < -0.3 is 4.74 Å². The van der Waals surface area contributed by atoms with Crippen LogP contribution in [0.15, 0.2) is 36.1 Å². The predicted octanol–water partition coefficient (Wildman–Crippen LogP) is 2.41. The molecule has 2 nitrogen and oxygen atoms in total. The van der Waals surface area contributed by atoms with Gasteiger partial charge in [-0.1, -0.05) is 29.8 Å². The van der Waals surface area contributed by atoms with Crippen molar-refractivity contribution >= 4 is 5.78 Å². The number of aryl methyl sites for hydroxylation is 1. The van der Waals surface area contributed by atoms with Crippen LogP contribution in [-0.2, 0) is 16.0 Å². The van der Waals surface area contributed by atoms with E-state index < -0.39 is 0 Å². The molecule has 1 aromatic carbocycles. The van der Waals surface area contributed by atoms with Crippen molar-refractivity contribution in [2.75, 3.05) is 6.61 Å². The van der Waals surface area contributed by atoms with E-state index in [4.69, 9.17) is 4.74 Å². The van der Waals surface area contributed by atoms with E-state index in [2.05, 4.69) is 0 Å². The van der Waals surface area contributed by atoms with E-state index in [1.807, 2.05) is 37.3 Å². The van der Waals surface area contributed by atoms with Crippen molar-refractivity contribution in [1.82, 2.24) is 0 Å². The summed E-state index contributed by atoms with van der Waals surface area (Å²) in [6, 6.07) is 8.02. The number of hydrogen-bond donors (Lipinski definition) is 0. The summed E-state index contributed by atoms with van der Waals surface area (Å²) in [5, 5.41) is 0. The Hall–Kier alpha value is -1.57. The minimum Gasteiger partial charge on any atom is -0.490 e. The highest BCUT2D eigenvalue weighted by molar-refractivity contribution is 5.95. The zero-order chi connectivity index (χ0) is 10.7. The fourth-order valence-corrected chi connectivity index (χ4v) is 1.59. The van der Waals surface area contributed by atoms with Crippen LogP contribution < -0.4 is 0 Å². The molecule has 0 spiro atoms. The van der Waals surface area contributed by atoms with Gasteiger partial charge in [0.15, 0.2) is 5.76 Å². The second kappa shape index (κ2) is 4.30. The van der Waals surface area contributed by atoms with Gasteiger partial charge in [0.05, 0.1) is 6.61 Å². The molecule has 0 N–H and O–H groups in total. The van der Waals surface area contributed by atoms with E-state index in [0.717, 1.165) is 12.0 Å². The number of carbonyl (C=O) groups excluding carboxylic acids is 1. The number of ketones is 1. The van der Waals surface area contributed by atoms with Crippen LogP contribution in [0.2, 0.25) is 0 Å². The smallest absolute Gasteiger partial charge is 0.201 e. The van der Waals surface area contributed by atoms with Gasteiger partial charge >= 0.3 is 0 Å². The lowest BCUT2D eigenvalue weighted by molar-refractivity contribution is -0.117. The summed E-state index contributed by atoms with van der Waals surface area (Å²) in [5.74, 6) is 0.618. The maximum Gasteiger partial charge on any atom is 0.201 e. The molecule has 0 saturated heterocycles. The normalized spacial score (nSPS) is 14.6. The van der Waals surface area contributed by atoms with Gasteiger partial charge in [0.2, 0.25) is 5.78 Å². The first-order chi connectivity index (χ1) is 7.25. The molecule has 0 aliphatic carbocycles. The van der Waals surface area contributed by atoms with Crippen LogP contribution in [0.3, 0.4) is 0 Å². The first kappa shape index (κ1) is 9.97. The second-order valence-electron chi connectivity index (χ2n) is 3.79. The molecule has 0 radical (unpaired) electrons. The predicted molar refractivity (Wildman–Crippen MR) is 58.5 cm³/mol. The monoisotopic (exact) mass is 202 g/mol. The Morgan fingerprint density at radius 1 is 1.33 bits per heavy atom. The lowest BCUT2D eigenvalue weighted by Crippen LogP contribution is -2.06. The van der Waals surface area contributed by atoms with Crippen molar-refractivity contribution in [1.29, 1.82) is 0 Å². The number of hydrogen-bond acceptors (Lipinski definition) is 2. The van der Waals surface area contributed by atoms with Crippen molar-refractivity contribution in [2.24, 2.45) is 0 Å². The third-order valence-corrected chi connectivity index (χ3v) is 2.47. The maximum absolute atomic E-state index is 11.7. The fourth-order valence-electron chi connectivity index (χ4n) is 1.59. The zero-order valence-corrected chi connectivity index (χ0v) is 8.82. The molecular formula is C13H14O2. The molecular weight excluding hydrogens is 188 g/mol. The molecule has 0 fully saturated rings. The molecule has 0 saturated carbocycles. The average Bonchev–Trinajstić information content (AvgIpc) is 2.74. The van der Waals surface area contributed by atoms with Gasteiger partial charge in [0, 0.05) is 12.8 Å². The van der Waals surface area contributed by atoms with Crippen molar-refractivity contribution in [3.05, 3.63) is 47.2 Å². The third kappa shape index (κ3) is 2.46. The van der Waals surface area contributed by atoms with Gasteiger partial charge in [0.25, 0.3) is 0 Å². The summed E-state index contributed by atoms with van der Waals surface area (Å²) in [6.07, 6.45) is 3.16. The Bertz CT molecular complexity index is 388. The number of carbonyl (C=O) groups is 1. The van der Waals surface area contributed by atoms with E-state index in [-0.39, 0.29) is 5.78 Å². The zero-order valence-electron chi connectivity index (χ0n) is 8.82. The minimum atomic E-state index is 0.0800. The van der Waals surface area contributed by atoms with Gasteiger partial charge in [-0.15, -0.1) is 0 Å². The van der Waals surface area contributed by atoms with Crippen LogP contribution in [0, 0.1) is 6.92 Å². The lowest BCUT2D eigenvalue weighted by atomic mass is 10.1. The Labute approximate surface area is 89.6 Å². The summed E-state index contributed by atoms with van der Waals surface area (Å²) in [5.41, 5.74) is 2.25. The Morgan fingerprint density at radius 3 is 2.67 bits per heavy atom. The quantitative estimate of drug-likeness (QED) is 0.752. The number of allylic oxidation sites excluding steroid dienone is 1. The van der Waals surface area contributed by atoms with Crippen molar-refractivity contribution < 1.29 is 9.53 Å².